The van der Waals surface area contributed by atoms with E-state index in [0.29, 0.717) is 12.2 Å². The van der Waals surface area contributed by atoms with Gasteiger partial charge in [-0.1, -0.05) is 0 Å². The summed E-state index contributed by atoms with van der Waals surface area (Å²) in [5.41, 5.74) is 7.04. The van der Waals surface area contributed by atoms with Gasteiger partial charge in [-0.15, -0.1) is 0 Å². The Labute approximate surface area is 102 Å². The Balaban J connectivity index is 1.99. The smallest absolute Gasteiger partial charge is 0.269 e. The number of likely N-dealkylation sites (tertiary alicyclic amines) is 1. The molecule has 0 saturated carbocycles. The maximum absolute atomic E-state index is 12.0. The fraction of sp³-hybridized carbons (Fsp3) is 0.667. The van der Waals surface area contributed by atoms with E-state index in [4.69, 9.17) is 5.73 Å². The molecule has 0 radical (unpaired) electrons. The highest BCUT2D eigenvalue weighted by Gasteiger charge is 2.19. The quantitative estimate of drug-likeness (QED) is 0.657. The average Bonchev–Trinajstić information content (AvgIpc) is 2.74. The first-order valence-corrected chi connectivity index (χ1v) is 6.28. The molecule has 0 aromatic rings. The molecule has 1 saturated heterocycles. The number of amides is 1. The van der Waals surface area contributed by atoms with E-state index in [9.17, 15) is 4.79 Å². The van der Waals surface area contributed by atoms with Gasteiger partial charge in [-0.3, -0.25) is 9.79 Å². The Morgan fingerprint density at radius 3 is 2.88 bits per heavy atom. The van der Waals surface area contributed by atoms with Crippen molar-refractivity contribution in [2.75, 3.05) is 32.7 Å². The molecule has 0 atom stereocenters. The molecule has 2 heterocycles. The zero-order valence-electron chi connectivity index (χ0n) is 10.1. The summed E-state index contributed by atoms with van der Waals surface area (Å²) in [5.74, 6) is -0.0468. The monoisotopic (exact) mass is 236 g/mol. The van der Waals surface area contributed by atoms with Crippen LogP contribution < -0.4 is 11.1 Å². The van der Waals surface area contributed by atoms with Crippen molar-refractivity contribution in [1.29, 1.82) is 0 Å². The molecule has 2 aliphatic rings. The minimum absolute atomic E-state index is 0.0468. The predicted octanol–water partition coefficient (Wildman–Crippen LogP) is -0.114. The second kappa shape index (κ2) is 5.82. The highest BCUT2D eigenvalue weighted by Crippen LogP contribution is 2.09. The molecule has 1 fully saturated rings. The van der Waals surface area contributed by atoms with E-state index < -0.39 is 0 Å². The standard InChI is InChI=1S/C12H20N4O/c13-11(12(17)16-6-1-2-7-16)8-10-9-14-4-3-5-15-10/h8,14H,1-7,9,13H2. The van der Waals surface area contributed by atoms with E-state index in [1.807, 2.05) is 4.90 Å². The summed E-state index contributed by atoms with van der Waals surface area (Å²) in [5, 5.41) is 3.26. The lowest BCUT2D eigenvalue weighted by molar-refractivity contribution is -0.126. The molecule has 3 N–H and O–H groups in total. The predicted molar refractivity (Wildman–Crippen MR) is 67.9 cm³/mol. The number of carbonyl (C=O) groups is 1. The highest BCUT2D eigenvalue weighted by molar-refractivity contribution is 6.04. The molecule has 94 valence electrons. The van der Waals surface area contributed by atoms with Crippen molar-refractivity contribution in [2.45, 2.75) is 19.3 Å². The van der Waals surface area contributed by atoms with Crippen LogP contribution >= 0.6 is 0 Å². The van der Waals surface area contributed by atoms with Crippen LogP contribution in [0, 0.1) is 0 Å². The van der Waals surface area contributed by atoms with Crippen LogP contribution in [0.5, 0.6) is 0 Å². The molecule has 0 aromatic carbocycles. The van der Waals surface area contributed by atoms with Crippen molar-refractivity contribution in [2.24, 2.45) is 10.7 Å². The van der Waals surface area contributed by atoms with Crippen LogP contribution in [-0.2, 0) is 4.79 Å². The number of hydrogen-bond acceptors (Lipinski definition) is 4. The van der Waals surface area contributed by atoms with Gasteiger partial charge < -0.3 is 16.0 Å². The second-order valence-electron chi connectivity index (χ2n) is 4.50. The largest absolute Gasteiger partial charge is 0.394 e. The van der Waals surface area contributed by atoms with Gasteiger partial charge in [-0.25, -0.2) is 0 Å². The normalized spacial score (nSPS) is 22.2. The van der Waals surface area contributed by atoms with E-state index in [0.717, 1.165) is 51.2 Å². The third-order valence-electron chi connectivity index (χ3n) is 3.10. The summed E-state index contributed by atoms with van der Waals surface area (Å²) in [6.07, 6.45) is 4.93. The first-order valence-electron chi connectivity index (χ1n) is 6.28. The van der Waals surface area contributed by atoms with Crippen LogP contribution in [-0.4, -0.2) is 49.2 Å². The topological polar surface area (TPSA) is 70.7 Å². The lowest BCUT2D eigenvalue weighted by atomic mass is 10.2. The van der Waals surface area contributed by atoms with Gasteiger partial charge >= 0.3 is 0 Å². The second-order valence-corrected chi connectivity index (χ2v) is 4.50. The summed E-state index contributed by atoms with van der Waals surface area (Å²) in [4.78, 5) is 18.2. The molecule has 1 amide bonds. The fourth-order valence-corrected chi connectivity index (χ4v) is 2.14. The van der Waals surface area contributed by atoms with Crippen molar-refractivity contribution in [3.63, 3.8) is 0 Å². The van der Waals surface area contributed by atoms with Gasteiger partial charge in [0, 0.05) is 26.2 Å². The molecule has 5 nitrogen and oxygen atoms in total. The van der Waals surface area contributed by atoms with Crippen LogP contribution in [0.25, 0.3) is 0 Å². The number of nitrogens with two attached hydrogens (primary N) is 1. The van der Waals surface area contributed by atoms with E-state index in [2.05, 4.69) is 10.3 Å². The van der Waals surface area contributed by atoms with Crippen molar-refractivity contribution in [1.82, 2.24) is 10.2 Å². The minimum atomic E-state index is -0.0468. The lowest BCUT2D eigenvalue weighted by Crippen LogP contribution is -2.33. The zero-order valence-corrected chi connectivity index (χ0v) is 10.1. The summed E-state index contributed by atoms with van der Waals surface area (Å²) in [6, 6.07) is 0. The summed E-state index contributed by atoms with van der Waals surface area (Å²) < 4.78 is 0. The number of hydrogen-bond donors (Lipinski definition) is 2. The SMILES string of the molecule is NC(=CC1=NCCCNC1)C(=O)N1CCCC1. The highest BCUT2D eigenvalue weighted by atomic mass is 16.2. The van der Waals surface area contributed by atoms with Gasteiger partial charge in [-0.05, 0) is 31.9 Å². The molecule has 0 spiro atoms. The fourth-order valence-electron chi connectivity index (χ4n) is 2.14. The number of aliphatic imine (C=N–C) groups is 1. The molecule has 0 aliphatic carbocycles. The van der Waals surface area contributed by atoms with E-state index in [1.54, 1.807) is 6.08 Å². The Morgan fingerprint density at radius 1 is 1.35 bits per heavy atom. The van der Waals surface area contributed by atoms with Crippen molar-refractivity contribution in [3.8, 4) is 0 Å². The lowest BCUT2D eigenvalue weighted by Gasteiger charge is -2.15. The molecule has 0 bridgehead atoms. The summed E-state index contributed by atoms with van der Waals surface area (Å²) in [7, 11) is 0. The molecule has 0 aromatic heterocycles. The Bertz CT molecular complexity index is 342. The van der Waals surface area contributed by atoms with Crippen LogP contribution in [0.1, 0.15) is 19.3 Å². The molecule has 2 aliphatic heterocycles. The summed E-state index contributed by atoms with van der Waals surface area (Å²) >= 11 is 0. The first kappa shape index (κ1) is 12.1. The maximum atomic E-state index is 12.0. The average molecular weight is 236 g/mol. The van der Waals surface area contributed by atoms with Gasteiger partial charge in [0.15, 0.2) is 0 Å². The van der Waals surface area contributed by atoms with Gasteiger partial charge in [0.1, 0.15) is 0 Å². The Hall–Kier alpha value is -1.36. The number of nitrogens with one attached hydrogen (secondary N) is 1. The van der Waals surface area contributed by atoms with E-state index >= 15 is 0 Å². The van der Waals surface area contributed by atoms with Crippen LogP contribution in [0.2, 0.25) is 0 Å². The number of nitrogens with zero attached hydrogens (tertiary/aromatic N) is 2. The number of carbonyl (C=O) groups excluding carboxylic acids is 1. The maximum Gasteiger partial charge on any atom is 0.269 e. The molecular weight excluding hydrogens is 216 g/mol. The summed E-state index contributed by atoms with van der Waals surface area (Å²) in [6.45, 7) is 4.15. The van der Waals surface area contributed by atoms with Crippen molar-refractivity contribution < 1.29 is 4.79 Å². The zero-order chi connectivity index (χ0) is 12.1. The van der Waals surface area contributed by atoms with E-state index in [-0.39, 0.29) is 5.91 Å². The van der Waals surface area contributed by atoms with Crippen LogP contribution in [0.4, 0.5) is 0 Å². The van der Waals surface area contributed by atoms with Crippen molar-refractivity contribution in [3.05, 3.63) is 11.8 Å². The van der Waals surface area contributed by atoms with Crippen LogP contribution in [0.15, 0.2) is 16.8 Å². The third kappa shape index (κ3) is 3.30. The molecule has 2 rings (SSSR count). The van der Waals surface area contributed by atoms with Gasteiger partial charge in [0.2, 0.25) is 0 Å². The van der Waals surface area contributed by atoms with Gasteiger partial charge in [0.25, 0.3) is 5.91 Å². The molecular formula is C12H20N4O. The van der Waals surface area contributed by atoms with Crippen molar-refractivity contribution >= 4 is 11.6 Å². The first-order chi connectivity index (χ1) is 8.27. The Kier molecular flexibility index (Phi) is 4.14. The third-order valence-corrected chi connectivity index (χ3v) is 3.10. The molecule has 5 heteroatoms. The minimum Gasteiger partial charge on any atom is -0.394 e. The Morgan fingerprint density at radius 2 is 2.12 bits per heavy atom. The van der Waals surface area contributed by atoms with Gasteiger partial charge in [-0.2, -0.15) is 0 Å². The van der Waals surface area contributed by atoms with Gasteiger partial charge in [0.05, 0.1) is 11.4 Å². The number of rotatable bonds is 2. The van der Waals surface area contributed by atoms with Crippen LogP contribution in [0.3, 0.4) is 0 Å². The van der Waals surface area contributed by atoms with E-state index in [1.165, 1.54) is 0 Å². The molecule has 0 unspecified atom stereocenters. The molecule has 17 heavy (non-hydrogen) atoms.